The zero-order valence-corrected chi connectivity index (χ0v) is 14.2. The van der Waals surface area contributed by atoms with Crippen molar-refractivity contribution in [2.45, 2.75) is 18.9 Å². The molecule has 1 atom stereocenters. The fourth-order valence-corrected chi connectivity index (χ4v) is 2.54. The van der Waals surface area contributed by atoms with E-state index in [0.717, 1.165) is 19.4 Å². The number of nitrogens with two attached hydrogens (primary N) is 2. The first-order valence-corrected chi connectivity index (χ1v) is 8.26. The van der Waals surface area contributed by atoms with Crippen LogP contribution in [0.5, 0.6) is 0 Å². The molecule has 2 heterocycles. The summed E-state index contributed by atoms with van der Waals surface area (Å²) in [6.07, 6.45) is 3.40. The Bertz CT molecular complexity index is 832. The number of carbonyl (C=O) groups excluding carboxylic acids is 1. The van der Waals surface area contributed by atoms with Gasteiger partial charge in [0.2, 0.25) is 0 Å². The highest BCUT2D eigenvalue weighted by Gasteiger charge is 2.16. The minimum atomic E-state index is -0.282. The molecule has 134 valence electrons. The summed E-state index contributed by atoms with van der Waals surface area (Å²) in [5, 5.41) is 5.58. The predicted molar refractivity (Wildman–Crippen MR) is 99.3 cm³/mol. The van der Waals surface area contributed by atoms with Crippen molar-refractivity contribution in [2.75, 3.05) is 29.9 Å². The molecule has 0 radical (unpaired) electrons. The number of nitrogen functional groups attached to an aromatic ring is 2. The standard InChI is InChI=1S/C18H20N6O2/c19-16-15(17(20)23-11-22-16)7-6-12-3-1-4-13(9-12)24-18(25)21-10-14-5-2-8-26-14/h1,3-4,9,11,14H,2,5,8,10H2,(H2,21,24,25)(H4,19,20,22,23). The van der Waals surface area contributed by atoms with Crippen LogP contribution >= 0.6 is 0 Å². The number of anilines is 3. The molecule has 3 rings (SSSR count). The summed E-state index contributed by atoms with van der Waals surface area (Å²) in [5.74, 6) is 6.28. The Balaban J connectivity index is 1.63. The Labute approximate surface area is 151 Å². The maximum Gasteiger partial charge on any atom is 0.319 e. The van der Waals surface area contributed by atoms with Crippen molar-refractivity contribution in [1.29, 1.82) is 0 Å². The molecule has 0 saturated carbocycles. The molecule has 0 aliphatic carbocycles. The first-order chi connectivity index (χ1) is 12.6. The van der Waals surface area contributed by atoms with Crippen LogP contribution in [0, 0.1) is 11.8 Å². The highest BCUT2D eigenvalue weighted by molar-refractivity contribution is 5.89. The number of ether oxygens (including phenoxy) is 1. The van der Waals surface area contributed by atoms with Gasteiger partial charge in [0.1, 0.15) is 23.5 Å². The molecule has 1 aromatic heterocycles. The minimum Gasteiger partial charge on any atom is -0.382 e. The Hall–Kier alpha value is -3.31. The maximum absolute atomic E-state index is 12.0. The van der Waals surface area contributed by atoms with E-state index in [2.05, 4.69) is 32.4 Å². The number of hydrogen-bond acceptors (Lipinski definition) is 6. The average Bonchev–Trinajstić information content (AvgIpc) is 3.13. The van der Waals surface area contributed by atoms with Crippen molar-refractivity contribution in [1.82, 2.24) is 15.3 Å². The van der Waals surface area contributed by atoms with Crippen LogP contribution in [0.2, 0.25) is 0 Å². The average molecular weight is 352 g/mol. The van der Waals surface area contributed by atoms with Gasteiger partial charge in [0.05, 0.1) is 6.10 Å². The number of benzene rings is 1. The van der Waals surface area contributed by atoms with Crippen LogP contribution in [0.4, 0.5) is 22.1 Å². The quantitative estimate of drug-likeness (QED) is 0.617. The second kappa shape index (κ2) is 8.18. The van der Waals surface area contributed by atoms with Crippen molar-refractivity contribution >= 4 is 23.4 Å². The molecule has 8 heteroatoms. The molecule has 1 aliphatic rings. The summed E-state index contributed by atoms with van der Waals surface area (Å²) < 4.78 is 5.47. The zero-order chi connectivity index (χ0) is 18.4. The topological polar surface area (TPSA) is 128 Å². The summed E-state index contributed by atoms with van der Waals surface area (Å²) in [7, 11) is 0. The fraction of sp³-hybridized carbons (Fsp3) is 0.278. The van der Waals surface area contributed by atoms with Crippen LogP contribution in [0.15, 0.2) is 30.6 Å². The van der Waals surface area contributed by atoms with E-state index >= 15 is 0 Å². The summed E-state index contributed by atoms with van der Waals surface area (Å²) in [4.78, 5) is 19.7. The summed E-state index contributed by atoms with van der Waals surface area (Å²) >= 11 is 0. The van der Waals surface area contributed by atoms with Crippen LogP contribution < -0.4 is 22.1 Å². The molecule has 1 aliphatic heterocycles. The maximum atomic E-state index is 12.0. The second-order valence-electron chi connectivity index (χ2n) is 5.82. The number of aromatic nitrogens is 2. The van der Waals surface area contributed by atoms with Gasteiger partial charge in [-0.05, 0) is 31.0 Å². The minimum absolute atomic E-state index is 0.0990. The lowest BCUT2D eigenvalue weighted by atomic mass is 10.2. The summed E-state index contributed by atoms with van der Waals surface area (Å²) in [5.41, 5.74) is 13.2. The largest absolute Gasteiger partial charge is 0.382 e. The van der Waals surface area contributed by atoms with E-state index in [0.29, 0.717) is 23.4 Å². The van der Waals surface area contributed by atoms with E-state index in [1.54, 1.807) is 18.2 Å². The zero-order valence-electron chi connectivity index (χ0n) is 14.2. The monoisotopic (exact) mass is 352 g/mol. The lowest BCUT2D eigenvalue weighted by Gasteiger charge is -2.11. The van der Waals surface area contributed by atoms with Crippen molar-refractivity contribution < 1.29 is 9.53 Å². The third-order valence-corrected chi connectivity index (χ3v) is 3.87. The third-order valence-electron chi connectivity index (χ3n) is 3.87. The molecule has 1 fully saturated rings. The number of amides is 2. The van der Waals surface area contributed by atoms with Gasteiger partial charge in [-0.25, -0.2) is 14.8 Å². The summed E-state index contributed by atoms with van der Waals surface area (Å²) in [6, 6.07) is 6.88. The molecule has 1 aromatic carbocycles. The van der Waals surface area contributed by atoms with Crippen LogP contribution in [0.25, 0.3) is 0 Å². The number of carbonyl (C=O) groups is 1. The SMILES string of the molecule is Nc1ncnc(N)c1C#Cc1cccc(NC(=O)NCC2CCCO2)c1. The third kappa shape index (κ3) is 4.62. The molecule has 0 bridgehead atoms. The van der Waals surface area contributed by atoms with Crippen molar-refractivity contribution in [3.63, 3.8) is 0 Å². The smallest absolute Gasteiger partial charge is 0.319 e. The van der Waals surface area contributed by atoms with Crippen molar-refractivity contribution in [2.24, 2.45) is 0 Å². The van der Waals surface area contributed by atoms with Gasteiger partial charge in [0, 0.05) is 24.4 Å². The second-order valence-corrected chi connectivity index (χ2v) is 5.82. The normalized spacial score (nSPS) is 15.8. The van der Waals surface area contributed by atoms with Crippen molar-refractivity contribution in [3.8, 4) is 11.8 Å². The van der Waals surface area contributed by atoms with E-state index in [4.69, 9.17) is 16.2 Å². The Morgan fingerprint density at radius 1 is 1.27 bits per heavy atom. The first-order valence-electron chi connectivity index (χ1n) is 8.26. The molecule has 0 spiro atoms. The molecule has 8 nitrogen and oxygen atoms in total. The Morgan fingerprint density at radius 3 is 2.81 bits per heavy atom. The van der Waals surface area contributed by atoms with Gasteiger partial charge in [0.25, 0.3) is 0 Å². The van der Waals surface area contributed by atoms with E-state index < -0.39 is 0 Å². The van der Waals surface area contributed by atoms with Gasteiger partial charge in [-0.15, -0.1) is 0 Å². The first kappa shape index (κ1) is 17.5. The lowest BCUT2D eigenvalue weighted by Crippen LogP contribution is -2.35. The highest BCUT2D eigenvalue weighted by Crippen LogP contribution is 2.14. The van der Waals surface area contributed by atoms with Gasteiger partial charge in [-0.1, -0.05) is 17.9 Å². The molecule has 26 heavy (non-hydrogen) atoms. The molecule has 2 amide bonds. The van der Waals surface area contributed by atoms with Crippen LogP contribution in [0.1, 0.15) is 24.0 Å². The van der Waals surface area contributed by atoms with E-state index in [1.165, 1.54) is 6.33 Å². The predicted octanol–water partition coefficient (Wildman–Crippen LogP) is 1.34. The van der Waals surface area contributed by atoms with E-state index in [9.17, 15) is 4.79 Å². The number of hydrogen-bond donors (Lipinski definition) is 4. The lowest BCUT2D eigenvalue weighted by molar-refractivity contribution is 0.112. The van der Waals surface area contributed by atoms with Crippen LogP contribution in [-0.4, -0.2) is 35.3 Å². The molecule has 2 aromatic rings. The van der Waals surface area contributed by atoms with E-state index in [-0.39, 0.29) is 23.8 Å². The summed E-state index contributed by atoms with van der Waals surface area (Å²) in [6.45, 7) is 1.26. The fourth-order valence-electron chi connectivity index (χ4n) is 2.54. The number of nitrogens with zero attached hydrogens (tertiary/aromatic N) is 2. The Morgan fingerprint density at radius 2 is 2.08 bits per heavy atom. The number of nitrogens with one attached hydrogen (secondary N) is 2. The highest BCUT2D eigenvalue weighted by atomic mass is 16.5. The number of rotatable bonds is 3. The molecule has 1 unspecified atom stereocenters. The van der Waals surface area contributed by atoms with E-state index in [1.807, 2.05) is 6.07 Å². The van der Waals surface area contributed by atoms with Gasteiger partial charge in [-0.2, -0.15) is 0 Å². The molecular formula is C18H20N6O2. The number of urea groups is 1. The van der Waals surface area contributed by atoms with Gasteiger partial charge >= 0.3 is 6.03 Å². The van der Waals surface area contributed by atoms with Gasteiger partial charge in [0.15, 0.2) is 0 Å². The van der Waals surface area contributed by atoms with Crippen molar-refractivity contribution in [3.05, 3.63) is 41.7 Å². The molecule has 6 N–H and O–H groups in total. The van der Waals surface area contributed by atoms with Crippen LogP contribution in [-0.2, 0) is 4.74 Å². The molecule has 1 saturated heterocycles. The Kier molecular flexibility index (Phi) is 5.51. The van der Waals surface area contributed by atoms with Gasteiger partial charge < -0.3 is 26.8 Å². The van der Waals surface area contributed by atoms with Crippen LogP contribution in [0.3, 0.4) is 0 Å². The molecular weight excluding hydrogens is 332 g/mol. The van der Waals surface area contributed by atoms with Gasteiger partial charge in [-0.3, -0.25) is 0 Å².